The number of aromatic nitrogens is 1. The Morgan fingerprint density at radius 1 is 1.67 bits per heavy atom. The van der Waals surface area contributed by atoms with Gasteiger partial charge in [-0.05, 0) is 6.42 Å². The maximum atomic E-state index is 10.5. The lowest BCUT2D eigenvalue weighted by Crippen LogP contribution is -2.06. The highest BCUT2D eigenvalue weighted by Crippen LogP contribution is 2.13. The second-order valence-corrected chi connectivity index (χ2v) is 2.93. The van der Waals surface area contributed by atoms with Crippen LogP contribution in [0.3, 0.4) is 0 Å². The van der Waals surface area contributed by atoms with Gasteiger partial charge in [0.05, 0.1) is 11.0 Å². The minimum atomic E-state index is -0.442. The fourth-order valence-electron chi connectivity index (χ4n) is 1.06. The molecule has 82 valence electrons. The highest BCUT2D eigenvalue weighted by molar-refractivity contribution is 5.43. The number of methoxy groups -OCH3 is 1. The molecule has 0 radical (unpaired) electrons. The Bertz CT molecular complexity index is 330. The van der Waals surface area contributed by atoms with Crippen LogP contribution in [0.5, 0.6) is 0 Å². The van der Waals surface area contributed by atoms with Crippen LogP contribution in [0, 0.1) is 10.1 Å². The zero-order valence-electron chi connectivity index (χ0n) is 8.47. The van der Waals surface area contributed by atoms with Crippen molar-refractivity contribution in [1.29, 1.82) is 0 Å². The Morgan fingerprint density at radius 2 is 2.47 bits per heavy atom. The lowest BCUT2D eigenvalue weighted by Gasteiger charge is -2.03. The predicted molar refractivity (Wildman–Crippen MR) is 55.9 cm³/mol. The van der Waals surface area contributed by atoms with Gasteiger partial charge in [0.2, 0.25) is 0 Å². The monoisotopic (exact) mass is 211 g/mol. The van der Waals surface area contributed by atoms with Crippen LogP contribution in [0.2, 0.25) is 0 Å². The largest absolute Gasteiger partial charge is 0.385 e. The predicted octanol–water partition coefficient (Wildman–Crippen LogP) is 1.44. The normalized spacial score (nSPS) is 9.93. The third-order valence-corrected chi connectivity index (χ3v) is 1.79. The molecular formula is C9H13N3O3. The van der Waals surface area contributed by atoms with Gasteiger partial charge < -0.3 is 10.1 Å². The molecule has 0 aliphatic heterocycles. The summed E-state index contributed by atoms with van der Waals surface area (Å²) < 4.78 is 4.87. The molecule has 1 N–H and O–H groups in total. The Balaban J connectivity index is 2.47. The van der Waals surface area contributed by atoms with Gasteiger partial charge in [-0.2, -0.15) is 0 Å². The van der Waals surface area contributed by atoms with Crippen LogP contribution in [-0.4, -0.2) is 30.2 Å². The number of nitro groups is 1. The van der Waals surface area contributed by atoms with Crippen molar-refractivity contribution in [1.82, 2.24) is 4.98 Å². The van der Waals surface area contributed by atoms with E-state index in [1.165, 1.54) is 18.3 Å². The van der Waals surface area contributed by atoms with Gasteiger partial charge >= 0.3 is 0 Å². The maximum absolute atomic E-state index is 10.5. The van der Waals surface area contributed by atoms with Crippen molar-refractivity contribution in [2.45, 2.75) is 6.42 Å². The number of ether oxygens (including phenoxy) is 1. The number of nitrogens with zero attached hydrogens (tertiary/aromatic N) is 2. The molecule has 6 heteroatoms. The van der Waals surface area contributed by atoms with E-state index in [-0.39, 0.29) is 5.69 Å². The zero-order valence-corrected chi connectivity index (χ0v) is 8.47. The van der Waals surface area contributed by atoms with E-state index in [2.05, 4.69) is 10.3 Å². The summed E-state index contributed by atoms with van der Waals surface area (Å²) in [6.45, 7) is 1.34. The summed E-state index contributed by atoms with van der Waals surface area (Å²) in [5.41, 5.74) is 0.0410. The van der Waals surface area contributed by atoms with Gasteiger partial charge in [-0.15, -0.1) is 0 Å². The zero-order chi connectivity index (χ0) is 11.1. The minimum Gasteiger partial charge on any atom is -0.385 e. The Labute approximate surface area is 87.4 Å². The van der Waals surface area contributed by atoms with E-state index < -0.39 is 4.92 Å². The molecule has 1 aromatic heterocycles. The molecule has 0 saturated heterocycles. The fraction of sp³-hybridized carbons (Fsp3) is 0.444. The molecule has 0 bridgehead atoms. The van der Waals surface area contributed by atoms with Gasteiger partial charge in [-0.1, -0.05) is 0 Å². The van der Waals surface area contributed by atoms with Gasteiger partial charge in [0.1, 0.15) is 5.82 Å². The molecule has 0 spiro atoms. The van der Waals surface area contributed by atoms with E-state index in [4.69, 9.17) is 4.74 Å². The average Bonchev–Trinajstić information content (AvgIpc) is 2.25. The number of nitrogens with one attached hydrogen (secondary N) is 1. The second kappa shape index (κ2) is 5.92. The Kier molecular flexibility index (Phi) is 4.49. The summed E-state index contributed by atoms with van der Waals surface area (Å²) in [6, 6.07) is 2.77. The summed E-state index contributed by atoms with van der Waals surface area (Å²) >= 11 is 0. The van der Waals surface area contributed by atoms with Gasteiger partial charge in [0.25, 0.3) is 5.69 Å². The number of hydrogen-bond acceptors (Lipinski definition) is 5. The molecule has 1 heterocycles. The Morgan fingerprint density at radius 3 is 3.13 bits per heavy atom. The highest BCUT2D eigenvalue weighted by atomic mass is 16.6. The summed E-state index contributed by atoms with van der Waals surface area (Å²) in [6.07, 6.45) is 2.25. The molecule has 0 fully saturated rings. The van der Waals surface area contributed by atoms with E-state index in [1.54, 1.807) is 7.11 Å². The first-order valence-corrected chi connectivity index (χ1v) is 4.57. The van der Waals surface area contributed by atoms with Crippen molar-refractivity contribution in [3.63, 3.8) is 0 Å². The van der Waals surface area contributed by atoms with Crippen LogP contribution in [0.4, 0.5) is 11.5 Å². The third-order valence-electron chi connectivity index (χ3n) is 1.79. The lowest BCUT2D eigenvalue weighted by molar-refractivity contribution is -0.384. The molecule has 0 aromatic carbocycles. The van der Waals surface area contributed by atoms with Crippen molar-refractivity contribution >= 4 is 11.5 Å². The molecule has 15 heavy (non-hydrogen) atoms. The van der Waals surface area contributed by atoms with Crippen LogP contribution >= 0.6 is 0 Å². The first-order chi connectivity index (χ1) is 7.24. The fourth-order valence-corrected chi connectivity index (χ4v) is 1.06. The minimum absolute atomic E-state index is 0.0410. The summed E-state index contributed by atoms with van der Waals surface area (Å²) in [7, 11) is 1.63. The lowest BCUT2D eigenvalue weighted by atomic mass is 10.4. The number of pyridine rings is 1. The number of hydrogen-bond donors (Lipinski definition) is 1. The topological polar surface area (TPSA) is 77.3 Å². The molecular weight excluding hydrogens is 198 g/mol. The van der Waals surface area contributed by atoms with Crippen molar-refractivity contribution in [3.8, 4) is 0 Å². The molecule has 0 atom stereocenters. The van der Waals surface area contributed by atoms with E-state index in [0.717, 1.165) is 6.42 Å². The SMILES string of the molecule is COCCCNc1cc([N+](=O)[O-])ccn1. The summed E-state index contributed by atoms with van der Waals surface area (Å²) in [5.74, 6) is 0.514. The standard InChI is InChI=1S/C9H13N3O3/c1-15-6-2-4-10-9-7-8(12(13)14)3-5-11-9/h3,5,7H,2,4,6H2,1H3,(H,10,11). The van der Waals surface area contributed by atoms with Gasteiger partial charge in [0, 0.05) is 32.5 Å². The molecule has 0 saturated carbocycles. The van der Waals surface area contributed by atoms with E-state index in [0.29, 0.717) is 19.0 Å². The van der Waals surface area contributed by atoms with Crippen LogP contribution in [0.1, 0.15) is 6.42 Å². The number of rotatable bonds is 6. The van der Waals surface area contributed by atoms with Crippen LogP contribution in [0.15, 0.2) is 18.3 Å². The summed E-state index contributed by atoms with van der Waals surface area (Å²) in [5, 5.41) is 13.4. The number of anilines is 1. The van der Waals surface area contributed by atoms with Gasteiger partial charge in [-0.25, -0.2) is 4.98 Å². The Hall–Kier alpha value is -1.69. The van der Waals surface area contributed by atoms with Crippen molar-refractivity contribution in [2.75, 3.05) is 25.6 Å². The van der Waals surface area contributed by atoms with Crippen LogP contribution < -0.4 is 5.32 Å². The smallest absolute Gasteiger partial charge is 0.274 e. The van der Waals surface area contributed by atoms with E-state index in [9.17, 15) is 10.1 Å². The molecule has 0 aliphatic rings. The maximum Gasteiger partial charge on any atom is 0.274 e. The highest BCUT2D eigenvalue weighted by Gasteiger charge is 2.05. The molecule has 0 unspecified atom stereocenters. The van der Waals surface area contributed by atoms with Gasteiger partial charge in [-0.3, -0.25) is 10.1 Å². The molecule has 0 amide bonds. The first kappa shape index (κ1) is 11.4. The van der Waals surface area contributed by atoms with Crippen molar-refractivity contribution in [2.24, 2.45) is 0 Å². The van der Waals surface area contributed by atoms with Crippen molar-refractivity contribution < 1.29 is 9.66 Å². The molecule has 1 aromatic rings. The van der Waals surface area contributed by atoms with E-state index in [1.807, 2.05) is 0 Å². The second-order valence-electron chi connectivity index (χ2n) is 2.93. The van der Waals surface area contributed by atoms with Crippen molar-refractivity contribution in [3.05, 3.63) is 28.4 Å². The first-order valence-electron chi connectivity index (χ1n) is 4.57. The summed E-state index contributed by atoms with van der Waals surface area (Å²) in [4.78, 5) is 14.0. The quantitative estimate of drug-likeness (QED) is 0.437. The molecule has 1 rings (SSSR count). The third kappa shape index (κ3) is 3.90. The molecule has 6 nitrogen and oxygen atoms in total. The van der Waals surface area contributed by atoms with Crippen LogP contribution in [0.25, 0.3) is 0 Å². The molecule has 0 aliphatic carbocycles. The van der Waals surface area contributed by atoms with E-state index >= 15 is 0 Å². The average molecular weight is 211 g/mol. The van der Waals surface area contributed by atoms with Crippen LogP contribution in [-0.2, 0) is 4.74 Å². The van der Waals surface area contributed by atoms with Gasteiger partial charge in [0.15, 0.2) is 0 Å².